The van der Waals surface area contributed by atoms with E-state index in [0.717, 1.165) is 19.3 Å². The minimum absolute atomic E-state index is 0.152. The lowest BCUT2D eigenvalue weighted by atomic mass is 10.1. The van der Waals surface area contributed by atoms with Crippen molar-refractivity contribution in [2.75, 3.05) is 6.61 Å². The fraction of sp³-hybridized carbons (Fsp3) is 0.900. The quantitative estimate of drug-likeness (QED) is 0.508. The fourth-order valence-electron chi connectivity index (χ4n) is 0.893. The molecule has 0 amide bonds. The highest BCUT2D eigenvalue weighted by Gasteiger charge is 2.17. The van der Waals surface area contributed by atoms with Crippen molar-refractivity contribution in [1.82, 2.24) is 0 Å². The van der Waals surface area contributed by atoms with Crippen molar-refractivity contribution < 1.29 is 9.53 Å². The molecule has 78 valence electrons. The topological polar surface area (TPSA) is 52.3 Å². The van der Waals surface area contributed by atoms with Gasteiger partial charge in [0, 0.05) is 0 Å². The van der Waals surface area contributed by atoms with Gasteiger partial charge in [-0.25, -0.2) is 0 Å². The van der Waals surface area contributed by atoms with Crippen LogP contribution in [0.25, 0.3) is 0 Å². The number of ether oxygens (including phenoxy) is 1. The third kappa shape index (κ3) is 5.64. The van der Waals surface area contributed by atoms with Gasteiger partial charge in [-0.05, 0) is 12.3 Å². The summed E-state index contributed by atoms with van der Waals surface area (Å²) in [5.41, 5.74) is 5.60. The van der Waals surface area contributed by atoms with Crippen LogP contribution in [0.5, 0.6) is 0 Å². The number of hydrogen-bond donors (Lipinski definition) is 1. The minimum Gasteiger partial charge on any atom is -0.465 e. The van der Waals surface area contributed by atoms with E-state index in [1.54, 1.807) is 0 Å². The van der Waals surface area contributed by atoms with Crippen LogP contribution in [-0.4, -0.2) is 18.6 Å². The largest absolute Gasteiger partial charge is 0.465 e. The number of esters is 1. The van der Waals surface area contributed by atoms with E-state index < -0.39 is 6.04 Å². The summed E-state index contributed by atoms with van der Waals surface area (Å²) in [7, 11) is 0. The van der Waals surface area contributed by atoms with Crippen molar-refractivity contribution in [3.05, 3.63) is 0 Å². The van der Waals surface area contributed by atoms with Crippen LogP contribution in [0.1, 0.15) is 40.0 Å². The Hall–Kier alpha value is -0.570. The zero-order chi connectivity index (χ0) is 10.3. The molecule has 0 radical (unpaired) electrons. The summed E-state index contributed by atoms with van der Waals surface area (Å²) in [4.78, 5) is 11.2. The van der Waals surface area contributed by atoms with Gasteiger partial charge in [0.15, 0.2) is 0 Å². The maximum absolute atomic E-state index is 11.2. The van der Waals surface area contributed by atoms with Gasteiger partial charge in [0.2, 0.25) is 0 Å². The second-order valence-electron chi connectivity index (χ2n) is 3.64. The molecule has 0 bridgehead atoms. The third-order valence-corrected chi connectivity index (χ3v) is 1.98. The molecule has 0 fully saturated rings. The average molecular weight is 187 g/mol. The van der Waals surface area contributed by atoms with Crippen LogP contribution in [0.3, 0.4) is 0 Å². The SMILES string of the molecule is CCCCCOC(=O)[C@H](N)C(C)C. The molecule has 0 aliphatic rings. The normalized spacial score (nSPS) is 13.0. The van der Waals surface area contributed by atoms with Crippen molar-refractivity contribution in [1.29, 1.82) is 0 Å². The number of hydrogen-bond acceptors (Lipinski definition) is 3. The van der Waals surface area contributed by atoms with E-state index in [9.17, 15) is 4.79 Å². The Morgan fingerprint density at radius 1 is 1.38 bits per heavy atom. The summed E-state index contributed by atoms with van der Waals surface area (Å²) in [6.07, 6.45) is 3.17. The van der Waals surface area contributed by atoms with Gasteiger partial charge >= 0.3 is 5.97 Å². The second-order valence-corrected chi connectivity index (χ2v) is 3.64. The number of unbranched alkanes of at least 4 members (excludes halogenated alkanes) is 2. The van der Waals surface area contributed by atoms with E-state index in [1.165, 1.54) is 0 Å². The molecule has 2 N–H and O–H groups in total. The molecule has 3 nitrogen and oxygen atoms in total. The highest BCUT2D eigenvalue weighted by atomic mass is 16.5. The number of carbonyl (C=O) groups excluding carboxylic acids is 1. The monoisotopic (exact) mass is 187 g/mol. The van der Waals surface area contributed by atoms with Crippen molar-refractivity contribution >= 4 is 5.97 Å². The molecule has 0 aromatic carbocycles. The molecule has 0 aromatic heterocycles. The number of carbonyl (C=O) groups is 1. The zero-order valence-corrected chi connectivity index (χ0v) is 8.88. The summed E-state index contributed by atoms with van der Waals surface area (Å²) >= 11 is 0. The summed E-state index contributed by atoms with van der Waals surface area (Å²) in [6, 6.07) is -0.471. The van der Waals surface area contributed by atoms with Crippen molar-refractivity contribution in [2.24, 2.45) is 11.7 Å². The number of rotatable bonds is 6. The summed E-state index contributed by atoms with van der Waals surface area (Å²) in [5.74, 6) is -0.121. The van der Waals surface area contributed by atoms with Gasteiger partial charge in [-0.15, -0.1) is 0 Å². The molecule has 0 aliphatic heterocycles. The smallest absolute Gasteiger partial charge is 0.323 e. The third-order valence-electron chi connectivity index (χ3n) is 1.98. The van der Waals surface area contributed by atoms with Crippen LogP contribution in [-0.2, 0) is 9.53 Å². The van der Waals surface area contributed by atoms with Crippen LogP contribution in [0.4, 0.5) is 0 Å². The van der Waals surface area contributed by atoms with Gasteiger partial charge in [-0.2, -0.15) is 0 Å². The molecule has 0 saturated heterocycles. The molecule has 0 spiro atoms. The molecule has 0 aromatic rings. The van der Waals surface area contributed by atoms with Crippen molar-refractivity contribution in [2.45, 2.75) is 46.1 Å². The van der Waals surface area contributed by atoms with Gasteiger partial charge in [0.1, 0.15) is 6.04 Å². The van der Waals surface area contributed by atoms with Gasteiger partial charge in [-0.3, -0.25) is 4.79 Å². The van der Waals surface area contributed by atoms with E-state index in [1.807, 2.05) is 13.8 Å². The van der Waals surface area contributed by atoms with E-state index in [4.69, 9.17) is 10.5 Å². The maximum atomic E-state index is 11.2. The maximum Gasteiger partial charge on any atom is 0.323 e. The molecule has 1 atom stereocenters. The zero-order valence-electron chi connectivity index (χ0n) is 8.88. The van der Waals surface area contributed by atoms with Gasteiger partial charge < -0.3 is 10.5 Å². The molecular weight excluding hydrogens is 166 g/mol. The first-order valence-electron chi connectivity index (χ1n) is 5.01. The standard InChI is InChI=1S/C10H21NO2/c1-4-5-6-7-13-10(12)9(11)8(2)3/h8-9H,4-7,11H2,1-3H3/t9-/m1/s1. The lowest BCUT2D eigenvalue weighted by Crippen LogP contribution is -2.37. The van der Waals surface area contributed by atoms with Crippen LogP contribution in [0.2, 0.25) is 0 Å². The lowest BCUT2D eigenvalue weighted by Gasteiger charge is -2.14. The van der Waals surface area contributed by atoms with E-state index in [2.05, 4.69) is 6.92 Å². The Morgan fingerprint density at radius 3 is 2.46 bits per heavy atom. The van der Waals surface area contributed by atoms with E-state index in [-0.39, 0.29) is 11.9 Å². The van der Waals surface area contributed by atoms with Gasteiger partial charge in [-0.1, -0.05) is 33.6 Å². The summed E-state index contributed by atoms with van der Waals surface area (Å²) < 4.78 is 5.00. The van der Waals surface area contributed by atoms with Crippen molar-refractivity contribution in [3.8, 4) is 0 Å². The van der Waals surface area contributed by atoms with Crippen molar-refractivity contribution in [3.63, 3.8) is 0 Å². The van der Waals surface area contributed by atoms with E-state index in [0.29, 0.717) is 6.61 Å². The Morgan fingerprint density at radius 2 is 2.00 bits per heavy atom. The highest BCUT2D eigenvalue weighted by Crippen LogP contribution is 2.01. The second kappa shape index (κ2) is 6.89. The molecule has 0 heterocycles. The minimum atomic E-state index is -0.471. The first kappa shape index (κ1) is 12.4. The molecular formula is C10H21NO2. The van der Waals surface area contributed by atoms with Gasteiger partial charge in [0.05, 0.1) is 6.61 Å². The van der Waals surface area contributed by atoms with Crippen LogP contribution >= 0.6 is 0 Å². The lowest BCUT2D eigenvalue weighted by molar-refractivity contribution is -0.146. The highest BCUT2D eigenvalue weighted by molar-refractivity contribution is 5.75. The van der Waals surface area contributed by atoms with E-state index >= 15 is 0 Å². The fourth-order valence-corrected chi connectivity index (χ4v) is 0.893. The predicted molar refractivity (Wildman–Crippen MR) is 53.3 cm³/mol. The Kier molecular flexibility index (Phi) is 6.59. The first-order valence-corrected chi connectivity index (χ1v) is 5.01. The van der Waals surface area contributed by atoms with Crippen LogP contribution < -0.4 is 5.73 Å². The molecule has 0 aliphatic carbocycles. The average Bonchev–Trinajstić information content (AvgIpc) is 2.10. The summed E-state index contributed by atoms with van der Waals surface area (Å²) in [5, 5.41) is 0. The molecule has 13 heavy (non-hydrogen) atoms. The molecule has 0 unspecified atom stereocenters. The Labute approximate surface area is 80.6 Å². The van der Waals surface area contributed by atoms with Crippen LogP contribution in [0, 0.1) is 5.92 Å². The summed E-state index contributed by atoms with van der Waals surface area (Å²) in [6.45, 7) is 6.45. The predicted octanol–water partition coefficient (Wildman–Crippen LogP) is 1.70. The first-order chi connectivity index (χ1) is 6.09. The van der Waals surface area contributed by atoms with Crippen LogP contribution in [0.15, 0.2) is 0 Å². The number of nitrogens with two attached hydrogens (primary N) is 1. The molecule has 0 saturated carbocycles. The molecule has 0 rings (SSSR count). The Bertz CT molecular complexity index is 146. The molecule has 3 heteroatoms. The van der Waals surface area contributed by atoms with Gasteiger partial charge in [0.25, 0.3) is 0 Å². The Balaban J connectivity index is 3.50.